The van der Waals surface area contributed by atoms with Crippen LogP contribution < -0.4 is 5.73 Å². The number of Topliss-reactive ketones (excluding diaryl/α,β-unsaturated/α-hetero) is 1. The van der Waals surface area contributed by atoms with Crippen LogP contribution in [0.15, 0.2) is 18.2 Å². The standard InChI is InChI=1S/C14H17Cl2NO/c1-14(7-3-6-11(14)17)12(18)8-9-4-2-5-10(15)13(9)16/h2,4-5,11H,3,6-8,17H2,1H3. The molecule has 0 aliphatic heterocycles. The normalized spacial score (nSPS) is 27.4. The molecule has 1 saturated carbocycles. The third kappa shape index (κ3) is 2.42. The lowest BCUT2D eigenvalue weighted by Crippen LogP contribution is -2.41. The molecule has 1 aliphatic carbocycles. The molecule has 1 fully saturated rings. The molecule has 2 unspecified atom stereocenters. The van der Waals surface area contributed by atoms with Crippen molar-refractivity contribution in [3.05, 3.63) is 33.8 Å². The van der Waals surface area contributed by atoms with Crippen LogP contribution in [0, 0.1) is 5.41 Å². The zero-order chi connectivity index (χ0) is 13.3. The molecule has 98 valence electrons. The number of hydrogen-bond donors (Lipinski definition) is 1. The molecule has 2 atom stereocenters. The molecule has 1 aliphatic rings. The highest BCUT2D eigenvalue weighted by Crippen LogP contribution is 2.39. The molecule has 2 rings (SSSR count). The smallest absolute Gasteiger partial charge is 0.144 e. The van der Waals surface area contributed by atoms with Gasteiger partial charge in [-0.1, -0.05) is 48.7 Å². The number of nitrogens with two attached hydrogens (primary N) is 1. The van der Waals surface area contributed by atoms with Crippen molar-refractivity contribution in [1.29, 1.82) is 0 Å². The largest absolute Gasteiger partial charge is 0.327 e. The van der Waals surface area contributed by atoms with E-state index in [9.17, 15) is 4.79 Å². The highest BCUT2D eigenvalue weighted by molar-refractivity contribution is 6.42. The second-order valence-corrected chi connectivity index (χ2v) is 6.01. The van der Waals surface area contributed by atoms with Crippen molar-refractivity contribution < 1.29 is 4.79 Å². The van der Waals surface area contributed by atoms with Gasteiger partial charge in [0.05, 0.1) is 10.0 Å². The van der Waals surface area contributed by atoms with Crippen molar-refractivity contribution in [2.45, 2.75) is 38.6 Å². The maximum Gasteiger partial charge on any atom is 0.144 e. The number of ketones is 1. The first kappa shape index (κ1) is 13.9. The average Bonchev–Trinajstić information content (AvgIpc) is 2.67. The van der Waals surface area contributed by atoms with Crippen LogP contribution in [0.3, 0.4) is 0 Å². The molecular formula is C14H17Cl2NO. The molecule has 0 radical (unpaired) electrons. The Morgan fingerprint density at radius 2 is 2.22 bits per heavy atom. The van der Waals surface area contributed by atoms with E-state index in [1.165, 1.54) is 0 Å². The van der Waals surface area contributed by atoms with E-state index in [-0.39, 0.29) is 11.8 Å². The highest BCUT2D eigenvalue weighted by atomic mass is 35.5. The molecule has 1 aromatic carbocycles. The number of carbonyl (C=O) groups is 1. The summed E-state index contributed by atoms with van der Waals surface area (Å²) in [7, 11) is 0. The van der Waals surface area contributed by atoms with E-state index < -0.39 is 5.41 Å². The van der Waals surface area contributed by atoms with Crippen LogP contribution in [0.2, 0.25) is 10.0 Å². The first-order valence-corrected chi connectivity index (χ1v) is 6.92. The van der Waals surface area contributed by atoms with E-state index in [1.807, 2.05) is 19.1 Å². The van der Waals surface area contributed by atoms with E-state index in [4.69, 9.17) is 28.9 Å². The van der Waals surface area contributed by atoms with E-state index in [1.54, 1.807) is 6.07 Å². The molecule has 4 heteroatoms. The molecule has 2 N–H and O–H groups in total. The first-order valence-electron chi connectivity index (χ1n) is 6.17. The second kappa shape index (κ2) is 5.20. The Bertz CT molecular complexity index is 475. The van der Waals surface area contributed by atoms with Crippen LogP contribution in [0.4, 0.5) is 0 Å². The number of rotatable bonds is 3. The topological polar surface area (TPSA) is 43.1 Å². The summed E-state index contributed by atoms with van der Waals surface area (Å²) in [6, 6.07) is 5.34. The Kier molecular flexibility index (Phi) is 4.00. The van der Waals surface area contributed by atoms with Crippen LogP contribution in [0.1, 0.15) is 31.7 Å². The maximum atomic E-state index is 12.4. The summed E-state index contributed by atoms with van der Waals surface area (Å²) < 4.78 is 0. The number of carbonyl (C=O) groups excluding carboxylic acids is 1. The summed E-state index contributed by atoms with van der Waals surface area (Å²) in [6.45, 7) is 1.96. The van der Waals surface area contributed by atoms with Gasteiger partial charge in [-0.05, 0) is 24.5 Å². The second-order valence-electron chi connectivity index (χ2n) is 5.23. The Labute approximate surface area is 117 Å². The minimum Gasteiger partial charge on any atom is -0.327 e. The summed E-state index contributed by atoms with van der Waals surface area (Å²) >= 11 is 12.1. The lowest BCUT2D eigenvalue weighted by molar-refractivity contribution is -0.127. The Balaban J connectivity index is 2.19. The SMILES string of the molecule is CC1(C(=O)Cc2cccc(Cl)c2Cl)CCCC1N. The van der Waals surface area contributed by atoms with Gasteiger partial charge in [0.25, 0.3) is 0 Å². The number of halogens is 2. The van der Waals surface area contributed by atoms with Crippen molar-refractivity contribution in [1.82, 2.24) is 0 Å². The molecule has 18 heavy (non-hydrogen) atoms. The molecule has 1 aromatic rings. The molecule has 0 spiro atoms. The molecular weight excluding hydrogens is 269 g/mol. The molecule has 0 heterocycles. The van der Waals surface area contributed by atoms with Crippen LogP contribution >= 0.6 is 23.2 Å². The van der Waals surface area contributed by atoms with Crippen LogP contribution in [-0.4, -0.2) is 11.8 Å². The quantitative estimate of drug-likeness (QED) is 0.922. The van der Waals surface area contributed by atoms with Crippen LogP contribution in [0.5, 0.6) is 0 Å². The average molecular weight is 286 g/mol. The number of hydrogen-bond acceptors (Lipinski definition) is 2. The summed E-state index contributed by atoms with van der Waals surface area (Å²) in [4.78, 5) is 12.4. The molecule has 0 saturated heterocycles. The molecule has 2 nitrogen and oxygen atoms in total. The fourth-order valence-corrected chi connectivity index (χ4v) is 2.99. The lowest BCUT2D eigenvalue weighted by Gasteiger charge is -2.27. The third-order valence-corrected chi connectivity index (χ3v) is 4.91. The monoisotopic (exact) mass is 285 g/mol. The van der Waals surface area contributed by atoms with Crippen molar-refractivity contribution in [3.63, 3.8) is 0 Å². The summed E-state index contributed by atoms with van der Waals surface area (Å²) in [5.41, 5.74) is 6.43. The van der Waals surface area contributed by atoms with Gasteiger partial charge in [-0.25, -0.2) is 0 Å². The Hall–Kier alpha value is -0.570. The van der Waals surface area contributed by atoms with Crippen molar-refractivity contribution >= 4 is 29.0 Å². The van der Waals surface area contributed by atoms with Gasteiger partial charge in [-0.2, -0.15) is 0 Å². The zero-order valence-corrected chi connectivity index (χ0v) is 11.9. The van der Waals surface area contributed by atoms with Crippen LogP contribution in [0.25, 0.3) is 0 Å². The van der Waals surface area contributed by atoms with E-state index >= 15 is 0 Å². The summed E-state index contributed by atoms with van der Waals surface area (Å²) in [6.07, 6.45) is 3.12. The van der Waals surface area contributed by atoms with Gasteiger partial charge in [-0.3, -0.25) is 4.79 Å². The minimum atomic E-state index is -0.411. The van der Waals surface area contributed by atoms with Crippen molar-refractivity contribution in [2.75, 3.05) is 0 Å². The van der Waals surface area contributed by atoms with Gasteiger partial charge in [0.15, 0.2) is 0 Å². The zero-order valence-electron chi connectivity index (χ0n) is 10.4. The van der Waals surface area contributed by atoms with Gasteiger partial charge in [0.1, 0.15) is 5.78 Å². The van der Waals surface area contributed by atoms with E-state index in [0.717, 1.165) is 24.8 Å². The first-order chi connectivity index (χ1) is 8.45. The van der Waals surface area contributed by atoms with Gasteiger partial charge in [-0.15, -0.1) is 0 Å². The fraction of sp³-hybridized carbons (Fsp3) is 0.500. The van der Waals surface area contributed by atoms with Crippen LogP contribution in [-0.2, 0) is 11.2 Å². The summed E-state index contributed by atoms with van der Waals surface area (Å²) in [5, 5.41) is 0.963. The van der Waals surface area contributed by atoms with E-state index in [2.05, 4.69) is 0 Å². The maximum absolute atomic E-state index is 12.4. The molecule has 0 amide bonds. The Morgan fingerprint density at radius 1 is 1.50 bits per heavy atom. The van der Waals surface area contributed by atoms with E-state index in [0.29, 0.717) is 16.5 Å². The summed E-state index contributed by atoms with van der Waals surface area (Å²) in [5.74, 6) is 0.164. The van der Waals surface area contributed by atoms with Crippen molar-refractivity contribution in [2.24, 2.45) is 11.1 Å². The fourth-order valence-electron chi connectivity index (χ4n) is 2.60. The Morgan fingerprint density at radius 3 is 2.83 bits per heavy atom. The number of benzene rings is 1. The van der Waals surface area contributed by atoms with Gasteiger partial charge >= 0.3 is 0 Å². The molecule has 0 bridgehead atoms. The van der Waals surface area contributed by atoms with Gasteiger partial charge in [0, 0.05) is 17.9 Å². The third-order valence-electron chi connectivity index (χ3n) is 4.05. The minimum absolute atomic E-state index is 0.0389. The predicted octanol–water partition coefficient (Wildman–Crippen LogP) is 3.62. The lowest BCUT2D eigenvalue weighted by atomic mass is 9.78. The predicted molar refractivity (Wildman–Crippen MR) is 75.1 cm³/mol. The van der Waals surface area contributed by atoms with Gasteiger partial charge < -0.3 is 5.73 Å². The highest BCUT2D eigenvalue weighted by Gasteiger charge is 2.42. The van der Waals surface area contributed by atoms with Gasteiger partial charge in [0.2, 0.25) is 0 Å². The molecule has 0 aromatic heterocycles. The van der Waals surface area contributed by atoms with Crippen molar-refractivity contribution in [3.8, 4) is 0 Å².